The third-order valence-corrected chi connectivity index (χ3v) is 7.16. The van der Waals surface area contributed by atoms with E-state index < -0.39 is 6.10 Å². The van der Waals surface area contributed by atoms with Crippen LogP contribution in [-0.2, 0) is 33.5 Å². The monoisotopic (exact) mass is 458 g/mol. The highest BCUT2D eigenvalue weighted by molar-refractivity contribution is 4.74. The average Bonchev–Trinajstić information content (AvgIpc) is 3.72. The van der Waals surface area contributed by atoms with E-state index in [4.69, 9.17) is 23.7 Å². The summed E-state index contributed by atoms with van der Waals surface area (Å²) in [7, 11) is 0. The summed E-state index contributed by atoms with van der Waals surface area (Å²) < 4.78 is 28.1. The highest BCUT2D eigenvalue weighted by Gasteiger charge is 2.28. The topological polar surface area (TPSA) is 94.7 Å². The second kappa shape index (κ2) is 13.5. The maximum atomic E-state index is 10.2. The molecule has 4 aliphatic rings. The van der Waals surface area contributed by atoms with Crippen LogP contribution in [0.4, 0.5) is 0 Å². The van der Waals surface area contributed by atoms with Crippen molar-refractivity contribution in [3.05, 3.63) is 0 Å². The molecule has 2 saturated heterocycles. The molecule has 32 heavy (non-hydrogen) atoms. The molecule has 0 bridgehead atoms. The second-order valence-electron chi connectivity index (χ2n) is 10.2. The van der Waals surface area contributed by atoms with Gasteiger partial charge in [-0.3, -0.25) is 0 Å². The minimum Gasteiger partial charge on any atom is -0.388 e. The van der Waals surface area contributed by atoms with Gasteiger partial charge >= 0.3 is 0 Å². The van der Waals surface area contributed by atoms with Gasteiger partial charge in [0.15, 0.2) is 0 Å². The minimum atomic E-state index is -0.541. The molecule has 0 aromatic carbocycles. The lowest BCUT2D eigenvalue weighted by Crippen LogP contribution is -2.27. The smallest absolute Gasteiger partial charge is 0.247 e. The Bertz CT molecular complexity index is 452. The molecule has 0 spiro atoms. The fourth-order valence-corrected chi connectivity index (χ4v) is 4.88. The molecule has 2 saturated carbocycles. The zero-order valence-corrected chi connectivity index (χ0v) is 19.4. The van der Waals surface area contributed by atoms with Crippen molar-refractivity contribution in [2.75, 3.05) is 59.5 Å². The molecule has 0 aromatic heterocycles. The summed E-state index contributed by atoms with van der Waals surface area (Å²) in [5.74, 6) is 2.50. The van der Waals surface area contributed by atoms with Gasteiger partial charge in [-0.15, -0.1) is 0 Å². The molecule has 1 N–H and O–H groups in total. The number of hydrogen-bond acceptors (Lipinski definition) is 8. The largest absolute Gasteiger partial charge is 0.388 e. The van der Waals surface area contributed by atoms with E-state index in [-0.39, 0.29) is 6.29 Å². The van der Waals surface area contributed by atoms with Gasteiger partial charge in [-0.2, -0.15) is 9.78 Å². The zero-order chi connectivity index (χ0) is 22.0. The van der Waals surface area contributed by atoms with Crippen LogP contribution in [0.15, 0.2) is 0 Å². The fraction of sp³-hybridized carbons (Fsp3) is 1.00. The van der Waals surface area contributed by atoms with Crippen LogP contribution in [-0.4, -0.2) is 83.1 Å². The average molecular weight is 459 g/mol. The van der Waals surface area contributed by atoms with Gasteiger partial charge in [-0.25, -0.2) is 0 Å². The Balaban J connectivity index is 0.938. The van der Waals surface area contributed by atoms with Crippen molar-refractivity contribution in [3.63, 3.8) is 0 Å². The van der Waals surface area contributed by atoms with E-state index in [1.165, 1.54) is 51.4 Å². The summed E-state index contributed by atoms with van der Waals surface area (Å²) >= 11 is 0. The van der Waals surface area contributed by atoms with Crippen molar-refractivity contribution in [2.45, 2.75) is 69.9 Å². The Morgan fingerprint density at radius 2 is 1.00 bits per heavy atom. The van der Waals surface area contributed by atoms with Crippen molar-refractivity contribution in [3.8, 4) is 0 Å². The summed E-state index contributed by atoms with van der Waals surface area (Å²) in [4.78, 5) is 9.36. The van der Waals surface area contributed by atoms with Crippen LogP contribution < -0.4 is 0 Å². The summed E-state index contributed by atoms with van der Waals surface area (Å²) in [6.07, 6.45) is 9.17. The Hall–Kier alpha value is -0.320. The molecule has 4 rings (SSSR count). The van der Waals surface area contributed by atoms with Crippen molar-refractivity contribution in [2.24, 2.45) is 23.7 Å². The second-order valence-corrected chi connectivity index (χ2v) is 10.2. The number of hydrogen-bond donors (Lipinski definition) is 1. The summed E-state index contributed by atoms with van der Waals surface area (Å²) in [6.45, 7) is 6.01. The zero-order valence-electron chi connectivity index (χ0n) is 19.4. The van der Waals surface area contributed by atoms with Gasteiger partial charge in [0.25, 0.3) is 0 Å². The van der Waals surface area contributed by atoms with Crippen LogP contribution in [0.1, 0.15) is 51.4 Å². The molecule has 2 atom stereocenters. The third kappa shape index (κ3) is 9.89. The van der Waals surface area contributed by atoms with Gasteiger partial charge in [0.05, 0.1) is 26.4 Å². The minimum absolute atomic E-state index is 0.136. The molecule has 2 aliphatic heterocycles. The maximum Gasteiger partial charge on any atom is 0.247 e. The highest BCUT2D eigenvalue weighted by Crippen LogP contribution is 2.30. The molecule has 4 fully saturated rings. The molecule has 8 heteroatoms. The summed E-state index contributed by atoms with van der Waals surface area (Å²) in [6, 6.07) is 0. The van der Waals surface area contributed by atoms with E-state index >= 15 is 0 Å². The van der Waals surface area contributed by atoms with Gasteiger partial charge in [-0.05, 0) is 75.0 Å². The first-order chi connectivity index (χ1) is 15.7. The first-order valence-electron chi connectivity index (χ1n) is 12.7. The lowest BCUT2D eigenvalue weighted by atomic mass is 9.83. The quantitative estimate of drug-likeness (QED) is 0.279. The van der Waals surface area contributed by atoms with Crippen LogP contribution >= 0.6 is 0 Å². The van der Waals surface area contributed by atoms with Crippen LogP contribution in [0.25, 0.3) is 0 Å². The van der Waals surface area contributed by atoms with E-state index in [9.17, 15) is 5.11 Å². The van der Waals surface area contributed by atoms with Gasteiger partial charge in [-0.1, -0.05) is 0 Å². The van der Waals surface area contributed by atoms with E-state index in [0.717, 1.165) is 39.6 Å². The Morgan fingerprint density at radius 1 is 0.594 bits per heavy atom. The van der Waals surface area contributed by atoms with Gasteiger partial charge in [0.2, 0.25) is 6.29 Å². The number of epoxide rings is 1. The summed E-state index contributed by atoms with van der Waals surface area (Å²) in [5.41, 5.74) is 0. The number of rotatable bonds is 16. The fourth-order valence-electron chi connectivity index (χ4n) is 4.88. The van der Waals surface area contributed by atoms with E-state index in [0.29, 0.717) is 49.6 Å². The first-order valence-corrected chi connectivity index (χ1v) is 12.7. The summed E-state index contributed by atoms with van der Waals surface area (Å²) in [5, 5.41) is 10.2. The molecular formula is C24H42O8. The molecular weight excluding hydrogens is 416 g/mol. The third-order valence-electron chi connectivity index (χ3n) is 7.16. The molecule has 0 amide bonds. The molecule has 0 radical (unpaired) electrons. The van der Waals surface area contributed by atoms with Crippen LogP contribution in [0.2, 0.25) is 0 Å². The van der Waals surface area contributed by atoms with Crippen molar-refractivity contribution >= 4 is 0 Å². The standard InChI is InChI=1S/C24H42O8/c25-22(13-26-9-18-1-5-20(6-2-18)11-28-15-23-16-30-23)14-27-10-19-3-7-21(8-4-19)12-29-17-24-31-32-24/h18-25H,1-17H2. The Labute approximate surface area is 192 Å². The SMILES string of the molecule is OC(COCC1CCC(COCC2CO2)CC1)COCC1CCC(COCC2OO2)CC1. The number of aliphatic hydroxyl groups is 1. The van der Waals surface area contributed by atoms with E-state index in [1.807, 2.05) is 0 Å². The van der Waals surface area contributed by atoms with Gasteiger partial charge in [0, 0.05) is 26.4 Å². The number of ether oxygens (including phenoxy) is 5. The molecule has 2 unspecified atom stereocenters. The van der Waals surface area contributed by atoms with Crippen LogP contribution in [0.3, 0.4) is 0 Å². The highest BCUT2D eigenvalue weighted by atomic mass is 17.4. The predicted molar refractivity (Wildman–Crippen MR) is 116 cm³/mol. The molecule has 186 valence electrons. The first kappa shape index (κ1) is 24.8. The van der Waals surface area contributed by atoms with Crippen molar-refractivity contribution in [1.29, 1.82) is 0 Å². The van der Waals surface area contributed by atoms with Crippen LogP contribution in [0, 0.1) is 23.7 Å². The lowest BCUT2D eigenvalue weighted by Gasteiger charge is -2.29. The van der Waals surface area contributed by atoms with Crippen molar-refractivity contribution in [1.82, 2.24) is 0 Å². The Kier molecular flexibility index (Phi) is 10.5. The molecule has 2 aliphatic carbocycles. The normalized spacial score (nSPS) is 33.8. The molecule has 8 nitrogen and oxygen atoms in total. The van der Waals surface area contributed by atoms with Crippen LogP contribution in [0.5, 0.6) is 0 Å². The maximum absolute atomic E-state index is 10.2. The lowest BCUT2D eigenvalue weighted by molar-refractivity contribution is -0.0403. The van der Waals surface area contributed by atoms with Gasteiger partial charge < -0.3 is 28.8 Å². The number of aliphatic hydroxyl groups excluding tert-OH is 1. The van der Waals surface area contributed by atoms with E-state index in [2.05, 4.69) is 9.78 Å². The molecule has 2 heterocycles. The van der Waals surface area contributed by atoms with Gasteiger partial charge in [0.1, 0.15) is 18.8 Å². The molecule has 0 aromatic rings. The van der Waals surface area contributed by atoms with Crippen molar-refractivity contribution < 1.29 is 38.6 Å². The van der Waals surface area contributed by atoms with E-state index in [1.54, 1.807) is 0 Å². The Morgan fingerprint density at radius 3 is 1.41 bits per heavy atom. The predicted octanol–water partition coefficient (Wildman–Crippen LogP) is 2.71.